The highest BCUT2D eigenvalue weighted by atomic mass is 16.6. The van der Waals surface area contributed by atoms with Gasteiger partial charge in [0.05, 0.1) is 4.92 Å². The van der Waals surface area contributed by atoms with Crippen molar-refractivity contribution in [3.8, 4) is 0 Å². The topological polar surface area (TPSA) is 55.2 Å². The monoisotopic (exact) mass is 286 g/mol. The number of benzene rings is 1. The Hall–Kier alpha value is -1.58. The van der Waals surface area contributed by atoms with Gasteiger partial charge in [0.1, 0.15) is 5.69 Å². The van der Waals surface area contributed by atoms with E-state index >= 15 is 0 Å². The minimum atomic E-state index is -0.254. The van der Waals surface area contributed by atoms with E-state index in [0.29, 0.717) is 5.69 Å². The summed E-state index contributed by atoms with van der Waals surface area (Å²) in [7, 11) is 1.74. The van der Waals surface area contributed by atoms with Crippen LogP contribution in [0.3, 0.4) is 0 Å². The van der Waals surface area contributed by atoms with E-state index in [1.807, 2.05) is 12.1 Å². The molecule has 21 heavy (non-hydrogen) atoms. The maximum absolute atomic E-state index is 11.3. The third-order valence-electron chi connectivity index (χ3n) is 6.11. The third kappa shape index (κ3) is 1.95. The molecule has 0 atom stereocenters. The molecular weight excluding hydrogens is 264 g/mol. The number of nitro benzene ring substituents is 1. The van der Waals surface area contributed by atoms with Gasteiger partial charge < -0.3 is 5.32 Å². The first-order valence-electron chi connectivity index (χ1n) is 8.06. The fourth-order valence-corrected chi connectivity index (χ4v) is 5.69. The molecule has 5 rings (SSSR count). The van der Waals surface area contributed by atoms with Crippen molar-refractivity contribution in [3.63, 3.8) is 0 Å². The van der Waals surface area contributed by atoms with Crippen molar-refractivity contribution in [1.29, 1.82) is 0 Å². The summed E-state index contributed by atoms with van der Waals surface area (Å²) in [6, 6.07) is 5.87. The van der Waals surface area contributed by atoms with Gasteiger partial charge >= 0.3 is 0 Å². The standard InChI is InChI=1S/C17H22N2O2/c1-18-15-3-2-14(7-16(15)19(20)21)17-8-11-4-12(9-17)6-13(5-11)10-17/h2-3,7,11-13,18H,4-6,8-10H2,1H3. The number of rotatable bonds is 3. The number of nitrogens with one attached hydrogen (secondary N) is 1. The average molecular weight is 286 g/mol. The van der Waals surface area contributed by atoms with Gasteiger partial charge in [0.15, 0.2) is 0 Å². The molecule has 4 fully saturated rings. The summed E-state index contributed by atoms with van der Waals surface area (Å²) in [5, 5.41) is 14.3. The van der Waals surface area contributed by atoms with Crippen LogP contribution in [0, 0.1) is 27.9 Å². The molecule has 0 spiro atoms. The largest absolute Gasteiger partial charge is 0.383 e. The Kier molecular flexibility index (Phi) is 2.78. The van der Waals surface area contributed by atoms with Crippen molar-refractivity contribution in [2.75, 3.05) is 12.4 Å². The molecule has 0 saturated heterocycles. The molecule has 0 radical (unpaired) electrons. The van der Waals surface area contributed by atoms with Crippen LogP contribution in [0.15, 0.2) is 18.2 Å². The van der Waals surface area contributed by atoms with E-state index in [1.54, 1.807) is 7.05 Å². The molecule has 0 heterocycles. The van der Waals surface area contributed by atoms with Crippen molar-refractivity contribution in [2.24, 2.45) is 17.8 Å². The van der Waals surface area contributed by atoms with E-state index < -0.39 is 0 Å². The van der Waals surface area contributed by atoms with Crippen molar-refractivity contribution in [1.82, 2.24) is 0 Å². The summed E-state index contributed by atoms with van der Waals surface area (Å²) in [6.07, 6.45) is 7.93. The molecule has 4 aliphatic rings. The van der Waals surface area contributed by atoms with Crippen LogP contribution in [-0.4, -0.2) is 12.0 Å². The van der Waals surface area contributed by atoms with Crippen molar-refractivity contribution < 1.29 is 4.92 Å². The van der Waals surface area contributed by atoms with Gasteiger partial charge in [-0.05, 0) is 73.3 Å². The highest BCUT2D eigenvalue weighted by Crippen LogP contribution is 2.61. The highest BCUT2D eigenvalue weighted by Gasteiger charge is 2.51. The first-order chi connectivity index (χ1) is 10.1. The SMILES string of the molecule is CNc1ccc(C23CC4CC(CC(C4)C2)C3)cc1[N+](=O)[O-]. The molecule has 4 nitrogen and oxygen atoms in total. The number of hydrogen-bond acceptors (Lipinski definition) is 3. The van der Waals surface area contributed by atoms with Crippen LogP contribution in [-0.2, 0) is 5.41 Å². The smallest absolute Gasteiger partial charge is 0.292 e. The zero-order chi connectivity index (χ0) is 14.6. The first-order valence-corrected chi connectivity index (χ1v) is 8.06. The molecule has 112 valence electrons. The van der Waals surface area contributed by atoms with E-state index in [-0.39, 0.29) is 16.0 Å². The van der Waals surface area contributed by atoms with Crippen LogP contribution < -0.4 is 5.32 Å². The van der Waals surface area contributed by atoms with Crippen LogP contribution in [0.4, 0.5) is 11.4 Å². The number of anilines is 1. The van der Waals surface area contributed by atoms with Gasteiger partial charge in [0.2, 0.25) is 0 Å². The second kappa shape index (κ2) is 4.46. The second-order valence-corrected chi connectivity index (χ2v) is 7.44. The van der Waals surface area contributed by atoms with E-state index in [4.69, 9.17) is 0 Å². The molecule has 0 aliphatic heterocycles. The molecule has 0 aromatic heterocycles. The van der Waals surface area contributed by atoms with Gasteiger partial charge in [-0.25, -0.2) is 0 Å². The van der Waals surface area contributed by atoms with Gasteiger partial charge in [-0.15, -0.1) is 0 Å². The van der Waals surface area contributed by atoms with Crippen LogP contribution in [0.2, 0.25) is 0 Å². The molecule has 4 aliphatic carbocycles. The Labute approximate surface area is 125 Å². The molecule has 0 amide bonds. The number of nitrogens with zero attached hydrogens (tertiary/aromatic N) is 1. The molecule has 0 unspecified atom stereocenters. The average Bonchev–Trinajstić information content (AvgIpc) is 2.45. The summed E-state index contributed by atoms with van der Waals surface area (Å²) in [6.45, 7) is 0. The molecule has 1 N–H and O–H groups in total. The van der Waals surface area contributed by atoms with E-state index in [9.17, 15) is 10.1 Å². The molecule has 1 aromatic rings. The molecule has 4 saturated carbocycles. The maximum Gasteiger partial charge on any atom is 0.292 e. The summed E-state index contributed by atoms with van der Waals surface area (Å²) in [5.74, 6) is 2.58. The fraction of sp³-hybridized carbons (Fsp3) is 0.647. The summed E-state index contributed by atoms with van der Waals surface area (Å²) < 4.78 is 0. The summed E-state index contributed by atoms with van der Waals surface area (Å²) in [4.78, 5) is 11.1. The van der Waals surface area contributed by atoms with Gasteiger partial charge in [0.25, 0.3) is 5.69 Å². The minimum absolute atomic E-state index is 0.228. The van der Waals surface area contributed by atoms with Gasteiger partial charge in [-0.3, -0.25) is 10.1 Å². The van der Waals surface area contributed by atoms with Crippen LogP contribution in [0.25, 0.3) is 0 Å². The minimum Gasteiger partial charge on any atom is -0.383 e. The lowest BCUT2D eigenvalue weighted by Crippen LogP contribution is -2.48. The van der Waals surface area contributed by atoms with E-state index in [1.165, 1.54) is 44.1 Å². The molecular formula is C17H22N2O2. The lowest BCUT2D eigenvalue weighted by Gasteiger charge is -2.57. The van der Waals surface area contributed by atoms with Gasteiger partial charge in [-0.1, -0.05) is 6.07 Å². The predicted molar refractivity (Wildman–Crippen MR) is 82.5 cm³/mol. The van der Waals surface area contributed by atoms with E-state index in [2.05, 4.69) is 11.4 Å². The van der Waals surface area contributed by atoms with E-state index in [0.717, 1.165) is 17.8 Å². The van der Waals surface area contributed by atoms with Crippen LogP contribution in [0.5, 0.6) is 0 Å². The predicted octanol–water partition coefficient (Wildman–Crippen LogP) is 4.10. The molecule has 4 heteroatoms. The van der Waals surface area contributed by atoms with Crippen molar-refractivity contribution >= 4 is 11.4 Å². The lowest BCUT2D eigenvalue weighted by atomic mass is 9.48. The number of nitro groups is 1. The molecule has 4 bridgehead atoms. The Bertz CT molecular complexity index is 561. The maximum atomic E-state index is 11.3. The fourth-order valence-electron chi connectivity index (χ4n) is 5.69. The Morgan fingerprint density at radius 1 is 1.14 bits per heavy atom. The van der Waals surface area contributed by atoms with Crippen LogP contribution >= 0.6 is 0 Å². The third-order valence-corrected chi connectivity index (χ3v) is 6.11. The quantitative estimate of drug-likeness (QED) is 0.672. The Morgan fingerprint density at radius 3 is 2.19 bits per heavy atom. The van der Waals surface area contributed by atoms with Crippen LogP contribution in [0.1, 0.15) is 44.1 Å². The molecule has 1 aromatic carbocycles. The van der Waals surface area contributed by atoms with Crippen molar-refractivity contribution in [3.05, 3.63) is 33.9 Å². The van der Waals surface area contributed by atoms with Crippen molar-refractivity contribution in [2.45, 2.75) is 43.9 Å². The lowest BCUT2D eigenvalue weighted by molar-refractivity contribution is -0.384. The van der Waals surface area contributed by atoms with Gasteiger partial charge in [0, 0.05) is 13.1 Å². The Morgan fingerprint density at radius 2 is 1.71 bits per heavy atom. The van der Waals surface area contributed by atoms with Gasteiger partial charge in [-0.2, -0.15) is 0 Å². The summed E-state index contributed by atoms with van der Waals surface area (Å²) in [5.41, 5.74) is 2.29. The zero-order valence-electron chi connectivity index (χ0n) is 12.5. The first kappa shape index (κ1) is 13.1. The summed E-state index contributed by atoms with van der Waals surface area (Å²) >= 11 is 0. The number of hydrogen-bond donors (Lipinski definition) is 1. The highest BCUT2D eigenvalue weighted by molar-refractivity contribution is 5.63. The normalized spacial score (nSPS) is 36.7. The zero-order valence-corrected chi connectivity index (χ0v) is 12.5. The second-order valence-electron chi connectivity index (χ2n) is 7.44. The Balaban J connectivity index is 1.76.